The van der Waals surface area contributed by atoms with Crippen LogP contribution in [0, 0.1) is 17.3 Å². The summed E-state index contributed by atoms with van der Waals surface area (Å²) >= 11 is 0. The molecule has 0 radical (unpaired) electrons. The molecule has 5 aliphatic rings. The molecule has 31 heavy (non-hydrogen) atoms. The lowest BCUT2D eigenvalue weighted by atomic mass is 9.47. The molecule has 4 bridgehead atoms. The Morgan fingerprint density at radius 2 is 1.74 bits per heavy atom. The molecule has 2 atom stereocenters. The van der Waals surface area contributed by atoms with E-state index in [0.29, 0.717) is 51.1 Å². The number of carbonyl (C=O) groups excluding carboxylic acids is 1. The van der Waals surface area contributed by atoms with Crippen molar-refractivity contribution < 1.29 is 23.1 Å². The third kappa shape index (κ3) is 4.27. The summed E-state index contributed by atoms with van der Waals surface area (Å²) in [5.41, 5.74) is 0.281. The van der Waals surface area contributed by atoms with Gasteiger partial charge in [0.1, 0.15) is 0 Å². The summed E-state index contributed by atoms with van der Waals surface area (Å²) in [6, 6.07) is 6.75. The Morgan fingerprint density at radius 3 is 2.35 bits per heavy atom. The van der Waals surface area contributed by atoms with Crippen LogP contribution in [0.2, 0.25) is 0 Å². The molecular formula is C23H32N2O5S. The van der Waals surface area contributed by atoms with Crippen LogP contribution >= 0.6 is 0 Å². The molecule has 1 aromatic carbocycles. The van der Waals surface area contributed by atoms with Gasteiger partial charge in [0.25, 0.3) is 0 Å². The zero-order valence-electron chi connectivity index (χ0n) is 17.9. The highest BCUT2D eigenvalue weighted by Gasteiger charge is 2.57. The molecule has 2 N–H and O–H groups in total. The van der Waals surface area contributed by atoms with Crippen molar-refractivity contribution in [1.29, 1.82) is 0 Å². The molecule has 7 nitrogen and oxygen atoms in total. The number of hydrogen-bond donors (Lipinski definition) is 2. The van der Waals surface area contributed by atoms with Crippen molar-refractivity contribution in [1.82, 2.24) is 9.62 Å². The third-order valence-electron chi connectivity index (χ3n) is 7.71. The van der Waals surface area contributed by atoms with Gasteiger partial charge in [-0.05, 0) is 73.5 Å². The van der Waals surface area contributed by atoms with Gasteiger partial charge in [0.2, 0.25) is 15.9 Å². The van der Waals surface area contributed by atoms with E-state index in [-0.39, 0.29) is 16.2 Å². The monoisotopic (exact) mass is 448 g/mol. The molecule has 2 unspecified atom stereocenters. The average molecular weight is 449 g/mol. The lowest BCUT2D eigenvalue weighted by molar-refractivity contribution is -0.169. The minimum Gasteiger partial charge on any atom is -0.390 e. The number of morpholine rings is 1. The number of amides is 1. The number of sulfonamides is 1. The molecule has 5 fully saturated rings. The van der Waals surface area contributed by atoms with Crippen molar-refractivity contribution in [2.75, 3.05) is 26.3 Å². The molecule has 1 aliphatic heterocycles. The molecule has 0 aromatic heterocycles. The number of benzene rings is 1. The SMILES string of the molecule is O=C(CC12CC3CC(CC(O)(C3)C1)C2)NCc1ccc(S(=O)(=O)N2CCOCC2)cc1. The number of nitrogens with one attached hydrogen (secondary N) is 1. The third-order valence-corrected chi connectivity index (χ3v) is 9.62. The van der Waals surface area contributed by atoms with Gasteiger partial charge in [-0.3, -0.25) is 4.79 Å². The van der Waals surface area contributed by atoms with Gasteiger partial charge in [-0.15, -0.1) is 0 Å². The number of ether oxygens (including phenoxy) is 1. The Hall–Kier alpha value is -1.48. The minimum atomic E-state index is -3.50. The van der Waals surface area contributed by atoms with Crippen molar-refractivity contribution in [2.45, 2.75) is 62.0 Å². The fraction of sp³-hybridized carbons (Fsp3) is 0.696. The maximum Gasteiger partial charge on any atom is 0.243 e. The number of aliphatic hydroxyl groups is 1. The first-order valence-electron chi connectivity index (χ1n) is 11.4. The molecule has 4 aliphatic carbocycles. The number of rotatable bonds is 6. The zero-order valence-corrected chi connectivity index (χ0v) is 18.7. The van der Waals surface area contributed by atoms with E-state index >= 15 is 0 Å². The van der Waals surface area contributed by atoms with E-state index in [1.54, 1.807) is 24.3 Å². The second-order valence-electron chi connectivity index (χ2n) is 10.3. The number of nitrogens with zero attached hydrogens (tertiary/aromatic N) is 1. The van der Waals surface area contributed by atoms with Crippen molar-refractivity contribution in [3.05, 3.63) is 29.8 Å². The van der Waals surface area contributed by atoms with E-state index in [1.807, 2.05) is 0 Å². The first-order valence-corrected chi connectivity index (χ1v) is 12.9. The van der Waals surface area contributed by atoms with E-state index in [4.69, 9.17) is 4.74 Å². The van der Waals surface area contributed by atoms with E-state index in [2.05, 4.69) is 5.32 Å². The fourth-order valence-electron chi connectivity index (χ4n) is 6.93. The van der Waals surface area contributed by atoms with E-state index in [1.165, 1.54) is 10.7 Å². The Balaban J connectivity index is 1.17. The minimum absolute atomic E-state index is 0.0237. The van der Waals surface area contributed by atoms with Crippen LogP contribution in [0.5, 0.6) is 0 Å². The first kappa shape index (κ1) is 21.4. The molecule has 1 saturated heterocycles. The topological polar surface area (TPSA) is 95.9 Å². The van der Waals surface area contributed by atoms with Gasteiger partial charge >= 0.3 is 0 Å². The molecule has 170 valence electrons. The lowest BCUT2D eigenvalue weighted by Gasteiger charge is -2.60. The highest BCUT2D eigenvalue weighted by atomic mass is 32.2. The van der Waals surface area contributed by atoms with Gasteiger partial charge in [-0.25, -0.2) is 8.42 Å². The van der Waals surface area contributed by atoms with Crippen LogP contribution in [-0.2, 0) is 26.1 Å². The van der Waals surface area contributed by atoms with Crippen LogP contribution in [0.4, 0.5) is 0 Å². The lowest BCUT2D eigenvalue weighted by Crippen LogP contribution is -2.56. The second kappa shape index (κ2) is 7.83. The summed E-state index contributed by atoms with van der Waals surface area (Å²) in [5.74, 6) is 1.16. The molecular weight excluding hydrogens is 416 g/mol. The van der Waals surface area contributed by atoms with E-state index in [9.17, 15) is 18.3 Å². The van der Waals surface area contributed by atoms with Gasteiger partial charge in [0, 0.05) is 26.1 Å². The predicted octanol–water partition coefficient (Wildman–Crippen LogP) is 2.05. The molecule has 1 aromatic rings. The Bertz CT molecular complexity index is 925. The molecule has 1 heterocycles. The largest absolute Gasteiger partial charge is 0.390 e. The first-order chi connectivity index (χ1) is 14.8. The van der Waals surface area contributed by atoms with Crippen LogP contribution in [-0.4, -0.2) is 55.6 Å². The van der Waals surface area contributed by atoms with Gasteiger partial charge in [0.05, 0.1) is 23.7 Å². The maximum absolute atomic E-state index is 12.7. The highest BCUT2D eigenvalue weighted by Crippen LogP contribution is 2.62. The van der Waals surface area contributed by atoms with Crippen LogP contribution < -0.4 is 5.32 Å². The van der Waals surface area contributed by atoms with E-state index in [0.717, 1.165) is 37.7 Å². The van der Waals surface area contributed by atoms with Crippen LogP contribution in [0.25, 0.3) is 0 Å². The van der Waals surface area contributed by atoms with Crippen LogP contribution in [0.15, 0.2) is 29.2 Å². The highest BCUT2D eigenvalue weighted by molar-refractivity contribution is 7.89. The quantitative estimate of drug-likeness (QED) is 0.694. The summed E-state index contributed by atoms with van der Waals surface area (Å²) in [5, 5.41) is 13.9. The predicted molar refractivity (Wildman–Crippen MR) is 115 cm³/mol. The van der Waals surface area contributed by atoms with E-state index < -0.39 is 15.6 Å². The molecule has 8 heteroatoms. The van der Waals surface area contributed by atoms with Crippen molar-refractivity contribution >= 4 is 15.9 Å². The van der Waals surface area contributed by atoms with Crippen LogP contribution in [0.1, 0.15) is 50.5 Å². The van der Waals surface area contributed by atoms with Crippen LogP contribution in [0.3, 0.4) is 0 Å². The Morgan fingerprint density at radius 1 is 1.10 bits per heavy atom. The number of hydrogen-bond acceptors (Lipinski definition) is 5. The van der Waals surface area contributed by atoms with Gasteiger partial charge in [0.15, 0.2) is 0 Å². The summed E-state index contributed by atoms with van der Waals surface area (Å²) < 4.78 is 32.1. The number of carbonyl (C=O) groups is 1. The second-order valence-corrected chi connectivity index (χ2v) is 12.2. The van der Waals surface area contributed by atoms with Crippen molar-refractivity contribution in [3.63, 3.8) is 0 Å². The van der Waals surface area contributed by atoms with Gasteiger partial charge in [-0.1, -0.05) is 12.1 Å². The van der Waals surface area contributed by atoms with Gasteiger partial charge in [-0.2, -0.15) is 4.31 Å². The average Bonchev–Trinajstić information content (AvgIpc) is 2.71. The zero-order chi connectivity index (χ0) is 21.7. The normalized spacial score (nSPS) is 35.3. The Labute approximate surface area is 184 Å². The summed E-state index contributed by atoms with van der Waals surface area (Å²) in [7, 11) is -3.50. The summed E-state index contributed by atoms with van der Waals surface area (Å²) in [6.07, 6.45) is 6.39. The molecule has 0 spiro atoms. The van der Waals surface area contributed by atoms with Crippen molar-refractivity contribution in [3.8, 4) is 0 Å². The Kier molecular flexibility index (Phi) is 5.40. The van der Waals surface area contributed by atoms with Gasteiger partial charge < -0.3 is 15.2 Å². The molecule has 1 amide bonds. The summed E-state index contributed by atoms with van der Waals surface area (Å²) in [4.78, 5) is 13.0. The van der Waals surface area contributed by atoms with Crippen molar-refractivity contribution in [2.24, 2.45) is 17.3 Å². The summed E-state index contributed by atoms with van der Waals surface area (Å²) in [6.45, 7) is 1.97. The fourth-order valence-corrected chi connectivity index (χ4v) is 8.34. The smallest absolute Gasteiger partial charge is 0.243 e. The molecule has 6 rings (SSSR count). The maximum atomic E-state index is 12.7. The molecule has 4 saturated carbocycles. The standard InChI is InChI=1S/C23H32N2O5S/c26-21(14-22-10-18-9-19(11-22)13-23(27,12-18)16-22)24-15-17-1-3-20(4-2-17)31(28,29)25-5-7-30-8-6-25/h1-4,18-19,27H,5-16H2,(H,24,26).